The van der Waals surface area contributed by atoms with E-state index in [2.05, 4.69) is 20.3 Å². The zero-order valence-corrected chi connectivity index (χ0v) is 23.3. The van der Waals surface area contributed by atoms with Gasteiger partial charge in [-0.15, -0.1) is 0 Å². The number of carbonyl (C=O) groups excluding carboxylic acids is 3. The number of amides is 1. The predicted molar refractivity (Wildman–Crippen MR) is 144 cm³/mol. The Labute approximate surface area is 240 Å². The molecule has 15 nitrogen and oxygen atoms in total. The lowest BCUT2D eigenvalue weighted by atomic mass is 10.0. The van der Waals surface area contributed by atoms with Crippen molar-refractivity contribution in [2.45, 2.75) is 56.0 Å². The van der Waals surface area contributed by atoms with E-state index in [9.17, 15) is 24.6 Å². The third-order valence-corrected chi connectivity index (χ3v) is 6.99. The van der Waals surface area contributed by atoms with Crippen LogP contribution in [0.5, 0.6) is 0 Å². The van der Waals surface area contributed by atoms with Gasteiger partial charge < -0.3 is 39.2 Å². The van der Waals surface area contributed by atoms with Crippen LogP contribution in [0, 0.1) is 0 Å². The maximum absolute atomic E-state index is 12.8. The smallest absolute Gasteiger partial charge is 0.305 e. The summed E-state index contributed by atoms with van der Waals surface area (Å²) < 4.78 is 29.0. The molecule has 0 aliphatic carbocycles. The number of nitrogens with zero attached hydrogens (tertiary/aromatic N) is 4. The van der Waals surface area contributed by atoms with Gasteiger partial charge >= 0.3 is 11.9 Å². The normalized spacial score (nSPS) is 20.4. The number of carbonyl (C=O) groups is 3. The molecule has 1 amide bonds. The first-order valence-corrected chi connectivity index (χ1v) is 13.1. The molecule has 1 aliphatic heterocycles. The SMILES string of the molecule is COC(=O)CCC(CCC(=O)OC)(OC)O[C@@H]1[C@H](O)[C@@H](CO)O[C@H]1n1cnc2c(NC(=O)c3ccccc3)ncnc21. The van der Waals surface area contributed by atoms with Crippen molar-refractivity contribution in [2.75, 3.05) is 33.3 Å². The summed E-state index contributed by atoms with van der Waals surface area (Å²) in [6.07, 6.45) is -2.39. The zero-order chi connectivity index (χ0) is 30.3. The molecule has 1 fully saturated rings. The largest absolute Gasteiger partial charge is 0.469 e. The van der Waals surface area contributed by atoms with Gasteiger partial charge in [0.05, 0.1) is 40.0 Å². The number of rotatable bonds is 13. The number of aliphatic hydroxyl groups is 2. The molecule has 42 heavy (non-hydrogen) atoms. The molecular weight excluding hydrogens is 554 g/mol. The number of benzene rings is 1. The minimum absolute atomic E-state index is 0.0323. The van der Waals surface area contributed by atoms with Crippen molar-refractivity contribution in [3.8, 4) is 0 Å². The Hall–Kier alpha value is -4.02. The molecule has 15 heteroatoms. The topological polar surface area (TPSA) is 193 Å². The van der Waals surface area contributed by atoms with Crippen LogP contribution in [0.1, 0.15) is 42.3 Å². The molecule has 0 spiro atoms. The summed E-state index contributed by atoms with van der Waals surface area (Å²) in [4.78, 5) is 49.5. The first kappa shape index (κ1) is 30.9. The highest BCUT2D eigenvalue weighted by Gasteiger charge is 2.50. The van der Waals surface area contributed by atoms with Crippen molar-refractivity contribution >= 4 is 34.8 Å². The third kappa shape index (κ3) is 6.71. The third-order valence-electron chi connectivity index (χ3n) is 6.99. The van der Waals surface area contributed by atoms with E-state index in [4.69, 9.17) is 23.7 Å². The fraction of sp³-hybridized carbons (Fsp3) is 0.481. The number of nitrogens with one attached hydrogen (secondary N) is 1. The van der Waals surface area contributed by atoms with Gasteiger partial charge in [0.25, 0.3) is 5.91 Å². The Bertz CT molecular complexity index is 1360. The van der Waals surface area contributed by atoms with Crippen LogP contribution in [0.15, 0.2) is 43.0 Å². The van der Waals surface area contributed by atoms with Crippen molar-refractivity contribution in [3.05, 3.63) is 48.5 Å². The van der Waals surface area contributed by atoms with Crippen LogP contribution in [0.25, 0.3) is 11.2 Å². The summed E-state index contributed by atoms with van der Waals surface area (Å²) >= 11 is 0. The number of hydrogen-bond acceptors (Lipinski definition) is 13. The molecule has 4 atom stereocenters. The number of methoxy groups -OCH3 is 3. The zero-order valence-electron chi connectivity index (χ0n) is 23.3. The molecule has 1 saturated heterocycles. The van der Waals surface area contributed by atoms with E-state index < -0.39 is 54.8 Å². The van der Waals surface area contributed by atoms with Crippen molar-refractivity contribution in [1.29, 1.82) is 0 Å². The maximum atomic E-state index is 12.8. The summed E-state index contributed by atoms with van der Waals surface area (Å²) in [5.41, 5.74) is 0.894. The molecule has 1 aromatic carbocycles. The van der Waals surface area contributed by atoms with E-state index in [0.29, 0.717) is 5.56 Å². The summed E-state index contributed by atoms with van der Waals surface area (Å²) in [7, 11) is 3.83. The average molecular weight is 588 g/mol. The average Bonchev–Trinajstić information content (AvgIpc) is 3.59. The van der Waals surface area contributed by atoms with Crippen LogP contribution < -0.4 is 5.32 Å². The van der Waals surface area contributed by atoms with Gasteiger partial charge in [-0.25, -0.2) is 15.0 Å². The summed E-state index contributed by atoms with van der Waals surface area (Å²) in [5, 5.41) is 23.8. The molecule has 1 aliphatic rings. The quantitative estimate of drug-likeness (QED) is 0.189. The van der Waals surface area contributed by atoms with E-state index in [-0.39, 0.29) is 42.7 Å². The lowest BCUT2D eigenvalue weighted by Gasteiger charge is -2.37. The minimum Gasteiger partial charge on any atom is -0.469 e. The van der Waals surface area contributed by atoms with Crippen LogP contribution in [0.3, 0.4) is 0 Å². The Balaban J connectivity index is 1.67. The predicted octanol–water partition coefficient (Wildman–Crippen LogP) is 0.964. The van der Waals surface area contributed by atoms with Gasteiger partial charge in [0.15, 0.2) is 29.0 Å². The second-order valence-electron chi connectivity index (χ2n) is 9.45. The molecule has 226 valence electrons. The molecule has 2 aromatic heterocycles. The highest BCUT2D eigenvalue weighted by molar-refractivity contribution is 6.06. The minimum atomic E-state index is -1.56. The Kier molecular flexibility index (Phi) is 10.1. The Morgan fingerprint density at radius 1 is 1.02 bits per heavy atom. The lowest BCUT2D eigenvalue weighted by Crippen LogP contribution is -2.46. The molecule has 0 bridgehead atoms. The fourth-order valence-corrected chi connectivity index (χ4v) is 4.65. The van der Waals surface area contributed by atoms with Gasteiger partial charge in [0, 0.05) is 25.5 Å². The number of aliphatic hydroxyl groups excluding tert-OH is 2. The molecule has 0 unspecified atom stereocenters. The number of imidazole rings is 1. The van der Waals surface area contributed by atoms with Gasteiger partial charge in [0.1, 0.15) is 24.6 Å². The maximum Gasteiger partial charge on any atom is 0.305 e. The molecule has 4 rings (SSSR count). The first-order chi connectivity index (χ1) is 20.3. The highest BCUT2D eigenvalue weighted by atomic mass is 16.7. The van der Waals surface area contributed by atoms with Crippen molar-refractivity contribution in [3.63, 3.8) is 0 Å². The standard InChI is InChI=1S/C27H33N5O10/c1-38-18(34)9-11-27(40-3,12-10-19(35)39-2)42-22-21(36)17(13-33)41-26(22)32-15-30-20-23(28-14-29-24(20)32)31-25(37)16-7-5-4-6-8-16/h4-8,14-15,17,21-22,26,33,36H,9-13H2,1-3H3,(H,28,29,31,37)/t17-,21-,22-,26-/m1/s1. The van der Waals surface area contributed by atoms with Crippen molar-refractivity contribution in [2.24, 2.45) is 0 Å². The van der Waals surface area contributed by atoms with Crippen molar-refractivity contribution < 1.29 is 48.3 Å². The number of aromatic nitrogens is 4. The van der Waals surface area contributed by atoms with Gasteiger partial charge in [-0.3, -0.25) is 19.0 Å². The van der Waals surface area contributed by atoms with Crippen LogP contribution in [-0.4, -0.2) is 99.6 Å². The summed E-state index contributed by atoms with van der Waals surface area (Å²) in [5.74, 6) is -2.88. The van der Waals surface area contributed by atoms with Gasteiger partial charge in [-0.05, 0) is 12.1 Å². The van der Waals surface area contributed by atoms with Crippen LogP contribution in [0.2, 0.25) is 0 Å². The number of esters is 2. The van der Waals surface area contributed by atoms with Crippen LogP contribution >= 0.6 is 0 Å². The molecule has 0 radical (unpaired) electrons. The molecule has 3 aromatic rings. The van der Waals surface area contributed by atoms with E-state index in [1.54, 1.807) is 30.3 Å². The Morgan fingerprint density at radius 3 is 2.29 bits per heavy atom. The second-order valence-corrected chi connectivity index (χ2v) is 9.45. The molecule has 3 N–H and O–H groups in total. The van der Waals surface area contributed by atoms with Gasteiger partial charge in [-0.1, -0.05) is 18.2 Å². The van der Waals surface area contributed by atoms with Gasteiger partial charge in [-0.2, -0.15) is 0 Å². The fourth-order valence-electron chi connectivity index (χ4n) is 4.65. The van der Waals surface area contributed by atoms with Crippen molar-refractivity contribution in [1.82, 2.24) is 19.5 Å². The summed E-state index contributed by atoms with van der Waals surface area (Å²) in [6, 6.07) is 8.56. The first-order valence-electron chi connectivity index (χ1n) is 13.1. The molecule has 3 heterocycles. The molecular formula is C27H33N5O10. The number of fused-ring (bicyclic) bond motifs is 1. The monoisotopic (exact) mass is 587 g/mol. The van der Waals surface area contributed by atoms with Crippen LogP contribution in [-0.2, 0) is 33.3 Å². The van der Waals surface area contributed by atoms with E-state index in [1.165, 1.54) is 38.6 Å². The number of hydrogen-bond donors (Lipinski definition) is 3. The van der Waals surface area contributed by atoms with Crippen LogP contribution in [0.4, 0.5) is 5.82 Å². The van der Waals surface area contributed by atoms with E-state index in [0.717, 1.165) is 0 Å². The Morgan fingerprint density at radius 2 is 1.69 bits per heavy atom. The summed E-state index contributed by atoms with van der Waals surface area (Å²) in [6.45, 7) is -0.540. The van der Waals surface area contributed by atoms with Gasteiger partial charge in [0.2, 0.25) is 0 Å². The van der Waals surface area contributed by atoms with E-state index >= 15 is 0 Å². The lowest BCUT2D eigenvalue weighted by molar-refractivity contribution is -0.275. The highest BCUT2D eigenvalue weighted by Crippen LogP contribution is 2.39. The second kappa shape index (κ2) is 13.8. The van der Waals surface area contributed by atoms with E-state index in [1.807, 2.05) is 0 Å². The molecule has 0 saturated carbocycles. The number of anilines is 1. The number of ether oxygens (including phenoxy) is 5.